The smallest absolute Gasteiger partial charge is 0.324 e. The van der Waals surface area contributed by atoms with Crippen molar-refractivity contribution in [2.45, 2.75) is 25.3 Å². The van der Waals surface area contributed by atoms with E-state index in [1.807, 2.05) is 0 Å². The van der Waals surface area contributed by atoms with Gasteiger partial charge in [-0.05, 0) is 0 Å². The van der Waals surface area contributed by atoms with E-state index in [4.69, 9.17) is 0 Å². The molecule has 1 unspecified atom stereocenters. The van der Waals surface area contributed by atoms with Crippen LogP contribution in [0.25, 0.3) is 0 Å². The standard InChI is InChI=1S/C8H12F4N2O2S/c1-4(15)14-5(2-17)6(16)13-3-8(11,12)7(9)10/h5,7,17H,2-3H2,1H3,(H,13,16)(H,14,15). The lowest BCUT2D eigenvalue weighted by Crippen LogP contribution is -2.51. The number of carbonyl (C=O) groups excluding carboxylic acids is 2. The number of halogens is 4. The van der Waals surface area contributed by atoms with Crippen LogP contribution in [0.4, 0.5) is 17.6 Å². The van der Waals surface area contributed by atoms with Crippen molar-refractivity contribution in [2.24, 2.45) is 0 Å². The number of alkyl halides is 4. The molecule has 0 aliphatic carbocycles. The van der Waals surface area contributed by atoms with Gasteiger partial charge < -0.3 is 10.6 Å². The Kier molecular flexibility index (Phi) is 6.29. The summed E-state index contributed by atoms with van der Waals surface area (Å²) in [5.74, 6) is -5.98. The van der Waals surface area contributed by atoms with Gasteiger partial charge in [0.15, 0.2) is 0 Å². The van der Waals surface area contributed by atoms with Crippen LogP contribution >= 0.6 is 12.6 Å². The zero-order chi connectivity index (χ0) is 13.6. The van der Waals surface area contributed by atoms with Crippen molar-refractivity contribution < 1.29 is 27.2 Å². The van der Waals surface area contributed by atoms with Crippen LogP contribution in [-0.4, -0.2) is 42.5 Å². The summed E-state index contributed by atoms with van der Waals surface area (Å²) >= 11 is 3.72. The second-order valence-corrected chi connectivity index (χ2v) is 3.58. The van der Waals surface area contributed by atoms with Gasteiger partial charge in [0, 0.05) is 12.7 Å². The Bertz CT molecular complexity index is 289. The quantitative estimate of drug-likeness (QED) is 0.487. The third kappa shape index (κ3) is 5.76. The van der Waals surface area contributed by atoms with Gasteiger partial charge in [0.2, 0.25) is 11.8 Å². The molecular weight excluding hydrogens is 264 g/mol. The molecule has 17 heavy (non-hydrogen) atoms. The summed E-state index contributed by atoms with van der Waals surface area (Å²) in [5, 5.41) is 3.76. The number of hydrogen-bond donors (Lipinski definition) is 3. The van der Waals surface area contributed by atoms with Crippen molar-refractivity contribution in [3.8, 4) is 0 Å². The van der Waals surface area contributed by atoms with Crippen LogP contribution in [0.3, 0.4) is 0 Å². The maximum Gasteiger partial charge on any atom is 0.324 e. The van der Waals surface area contributed by atoms with E-state index >= 15 is 0 Å². The van der Waals surface area contributed by atoms with E-state index in [1.165, 1.54) is 0 Å². The van der Waals surface area contributed by atoms with E-state index in [0.717, 1.165) is 6.92 Å². The molecule has 1 atom stereocenters. The Labute approximate surface area is 101 Å². The van der Waals surface area contributed by atoms with E-state index in [9.17, 15) is 27.2 Å². The molecule has 0 saturated heterocycles. The Balaban J connectivity index is 4.29. The van der Waals surface area contributed by atoms with Crippen molar-refractivity contribution in [1.29, 1.82) is 0 Å². The second kappa shape index (κ2) is 6.67. The van der Waals surface area contributed by atoms with Crippen molar-refractivity contribution in [3.05, 3.63) is 0 Å². The molecule has 0 bridgehead atoms. The zero-order valence-electron chi connectivity index (χ0n) is 8.84. The molecule has 0 aliphatic heterocycles. The average Bonchev–Trinajstić information content (AvgIpc) is 2.22. The van der Waals surface area contributed by atoms with Crippen LogP contribution < -0.4 is 10.6 Å². The molecule has 0 aromatic rings. The summed E-state index contributed by atoms with van der Waals surface area (Å²) in [6.07, 6.45) is -3.86. The summed E-state index contributed by atoms with van der Waals surface area (Å²) < 4.78 is 48.5. The molecule has 9 heteroatoms. The van der Waals surface area contributed by atoms with Crippen molar-refractivity contribution in [2.75, 3.05) is 12.3 Å². The first kappa shape index (κ1) is 16.0. The molecule has 100 valence electrons. The van der Waals surface area contributed by atoms with E-state index in [1.54, 1.807) is 5.32 Å². The van der Waals surface area contributed by atoms with Crippen LogP contribution in [-0.2, 0) is 9.59 Å². The number of hydrogen-bond acceptors (Lipinski definition) is 3. The first-order valence-corrected chi connectivity index (χ1v) is 5.15. The molecule has 2 N–H and O–H groups in total. The molecule has 0 spiro atoms. The van der Waals surface area contributed by atoms with Gasteiger partial charge in [0.05, 0.1) is 6.54 Å². The van der Waals surface area contributed by atoms with Gasteiger partial charge in [0.25, 0.3) is 0 Å². The normalized spacial score (nSPS) is 13.4. The van der Waals surface area contributed by atoms with Crippen molar-refractivity contribution in [1.82, 2.24) is 10.6 Å². The van der Waals surface area contributed by atoms with Crippen LogP contribution in [0.1, 0.15) is 6.92 Å². The Hall–Kier alpha value is -0.990. The highest BCUT2D eigenvalue weighted by Crippen LogP contribution is 2.21. The lowest BCUT2D eigenvalue weighted by molar-refractivity contribution is -0.138. The number of nitrogens with one attached hydrogen (secondary N) is 2. The molecule has 0 aromatic carbocycles. The van der Waals surface area contributed by atoms with Gasteiger partial charge in [0.1, 0.15) is 6.04 Å². The number of thiol groups is 1. The minimum Gasteiger partial charge on any atom is -0.348 e. The third-order valence-electron chi connectivity index (χ3n) is 1.69. The summed E-state index contributed by atoms with van der Waals surface area (Å²) in [6.45, 7) is -0.370. The Morgan fingerprint density at radius 1 is 1.35 bits per heavy atom. The van der Waals surface area contributed by atoms with Gasteiger partial charge in [-0.2, -0.15) is 21.4 Å². The van der Waals surface area contributed by atoms with Crippen LogP contribution in [0, 0.1) is 0 Å². The first-order chi connectivity index (χ1) is 7.70. The zero-order valence-corrected chi connectivity index (χ0v) is 9.74. The van der Waals surface area contributed by atoms with Gasteiger partial charge in [-0.15, -0.1) is 0 Å². The maximum absolute atomic E-state index is 12.5. The summed E-state index contributed by atoms with van der Waals surface area (Å²) in [6, 6.07) is -1.13. The topological polar surface area (TPSA) is 58.2 Å². The molecule has 0 rings (SSSR count). The molecule has 0 heterocycles. The van der Waals surface area contributed by atoms with Gasteiger partial charge >= 0.3 is 12.3 Å². The van der Waals surface area contributed by atoms with Gasteiger partial charge in [-0.3, -0.25) is 9.59 Å². The summed E-state index contributed by atoms with van der Waals surface area (Å²) in [5.41, 5.74) is 0. The van der Waals surface area contributed by atoms with E-state index in [0.29, 0.717) is 0 Å². The third-order valence-corrected chi connectivity index (χ3v) is 2.06. The lowest BCUT2D eigenvalue weighted by atomic mass is 10.3. The lowest BCUT2D eigenvalue weighted by Gasteiger charge is -2.19. The first-order valence-electron chi connectivity index (χ1n) is 4.52. The predicted octanol–water partition coefficient (Wildman–Crippen LogP) is 0.438. The molecule has 2 amide bonds. The molecule has 0 radical (unpaired) electrons. The minimum atomic E-state index is -4.30. The molecule has 0 fully saturated rings. The SMILES string of the molecule is CC(=O)NC(CS)C(=O)NCC(F)(F)C(F)F. The fourth-order valence-electron chi connectivity index (χ4n) is 0.845. The van der Waals surface area contributed by atoms with Gasteiger partial charge in [-0.25, -0.2) is 8.78 Å². The Morgan fingerprint density at radius 3 is 2.24 bits per heavy atom. The second-order valence-electron chi connectivity index (χ2n) is 3.22. The fourth-order valence-corrected chi connectivity index (χ4v) is 1.10. The van der Waals surface area contributed by atoms with Crippen molar-refractivity contribution >= 4 is 24.4 Å². The number of rotatable bonds is 6. The molecule has 0 aromatic heterocycles. The predicted molar refractivity (Wildman–Crippen MR) is 55.4 cm³/mol. The van der Waals surface area contributed by atoms with Crippen molar-refractivity contribution in [3.63, 3.8) is 0 Å². The fraction of sp³-hybridized carbons (Fsp3) is 0.750. The van der Waals surface area contributed by atoms with E-state index in [2.05, 4.69) is 17.9 Å². The highest BCUT2D eigenvalue weighted by Gasteiger charge is 2.41. The maximum atomic E-state index is 12.5. The summed E-state index contributed by atoms with van der Waals surface area (Å²) in [4.78, 5) is 21.9. The minimum absolute atomic E-state index is 0.133. The van der Waals surface area contributed by atoms with Gasteiger partial charge in [-0.1, -0.05) is 0 Å². The van der Waals surface area contributed by atoms with E-state index < -0.39 is 36.7 Å². The number of carbonyl (C=O) groups is 2. The summed E-state index contributed by atoms with van der Waals surface area (Å²) in [7, 11) is 0. The monoisotopic (exact) mass is 276 g/mol. The highest BCUT2D eigenvalue weighted by molar-refractivity contribution is 7.80. The van der Waals surface area contributed by atoms with E-state index in [-0.39, 0.29) is 5.75 Å². The highest BCUT2D eigenvalue weighted by atomic mass is 32.1. The average molecular weight is 276 g/mol. The largest absolute Gasteiger partial charge is 0.348 e. The molecule has 4 nitrogen and oxygen atoms in total. The molecular formula is C8H12F4N2O2S. The van der Waals surface area contributed by atoms with Crippen LogP contribution in [0.5, 0.6) is 0 Å². The Morgan fingerprint density at radius 2 is 1.88 bits per heavy atom. The molecule has 0 aliphatic rings. The number of amides is 2. The molecule has 0 saturated carbocycles. The van der Waals surface area contributed by atoms with Crippen LogP contribution in [0.2, 0.25) is 0 Å². The van der Waals surface area contributed by atoms with Crippen LogP contribution in [0.15, 0.2) is 0 Å².